The van der Waals surface area contributed by atoms with Crippen molar-refractivity contribution in [2.75, 3.05) is 11.9 Å². The smallest absolute Gasteiger partial charge is 0.254 e. The number of hydrogen-bond acceptors (Lipinski definition) is 4. The summed E-state index contributed by atoms with van der Waals surface area (Å²) in [6.07, 6.45) is 3.89. The van der Waals surface area contributed by atoms with Gasteiger partial charge in [0, 0.05) is 30.5 Å². The van der Waals surface area contributed by atoms with Crippen molar-refractivity contribution in [3.63, 3.8) is 0 Å². The Bertz CT molecular complexity index is 878. The Kier molecular flexibility index (Phi) is 6.39. The lowest BCUT2D eigenvalue weighted by molar-refractivity contribution is 0.0950. The van der Waals surface area contributed by atoms with Crippen LogP contribution in [0.2, 0.25) is 5.02 Å². The molecule has 3 aromatic rings. The summed E-state index contributed by atoms with van der Waals surface area (Å²) >= 11 is 5.88. The summed E-state index contributed by atoms with van der Waals surface area (Å²) < 4.78 is 0. The molecule has 2 aromatic carbocycles. The van der Waals surface area contributed by atoms with Gasteiger partial charge in [-0.3, -0.25) is 4.79 Å². The molecule has 0 radical (unpaired) electrons. The van der Waals surface area contributed by atoms with Gasteiger partial charge in [-0.2, -0.15) is 0 Å². The highest BCUT2D eigenvalue weighted by Gasteiger charge is 2.07. The number of nitrogens with one attached hydrogen (secondary N) is 2. The zero-order valence-corrected chi connectivity index (χ0v) is 15.8. The fourth-order valence-electron chi connectivity index (χ4n) is 2.50. The summed E-state index contributed by atoms with van der Waals surface area (Å²) in [5.41, 5.74) is 3.86. The molecule has 27 heavy (non-hydrogen) atoms. The summed E-state index contributed by atoms with van der Waals surface area (Å²) in [6, 6.07) is 15.8. The highest BCUT2D eigenvalue weighted by Crippen LogP contribution is 2.10. The van der Waals surface area contributed by atoms with Crippen molar-refractivity contribution < 1.29 is 4.79 Å². The fraction of sp³-hybridized carbons (Fsp3) is 0.190. The number of nitrogens with zero attached hydrogens (tertiary/aromatic N) is 2. The fourth-order valence-corrected chi connectivity index (χ4v) is 2.62. The third-order valence-electron chi connectivity index (χ3n) is 4.10. The molecule has 138 valence electrons. The molecule has 1 amide bonds. The molecule has 0 aliphatic heterocycles. The van der Waals surface area contributed by atoms with E-state index in [2.05, 4.69) is 20.6 Å². The lowest BCUT2D eigenvalue weighted by atomic mass is 10.1. The molecule has 0 bridgehead atoms. The van der Waals surface area contributed by atoms with Gasteiger partial charge in [0.2, 0.25) is 5.95 Å². The van der Waals surface area contributed by atoms with Crippen LogP contribution in [0.1, 0.15) is 27.0 Å². The maximum absolute atomic E-state index is 12.2. The zero-order chi connectivity index (χ0) is 19.1. The van der Waals surface area contributed by atoms with Crippen molar-refractivity contribution in [1.29, 1.82) is 0 Å². The third kappa shape index (κ3) is 5.79. The van der Waals surface area contributed by atoms with E-state index >= 15 is 0 Å². The van der Waals surface area contributed by atoms with E-state index in [0.29, 0.717) is 24.6 Å². The number of benzene rings is 2. The molecule has 0 fully saturated rings. The Morgan fingerprint density at radius 3 is 2.26 bits per heavy atom. The molecule has 0 aliphatic rings. The molecule has 2 N–H and O–H groups in total. The molecule has 1 aromatic heterocycles. The normalized spacial score (nSPS) is 10.4. The molecule has 0 saturated carbocycles. The average Bonchev–Trinajstić information content (AvgIpc) is 2.69. The largest absolute Gasteiger partial charge is 0.354 e. The van der Waals surface area contributed by atoms with Gasteiger partial charge in [-0.1, -0.05) is 53.6 Å². The number of hydrogen-bond donors (Lipinski definition) is 2. The molecule has 5 nitrogen and oxygen atoms in total. The van der Waals surface area contributed by atoms with Crippen LogP contribution < -0.4 is 10.6 Å². The molecule has 0 saturated heterocycles. The molecule has 0 spiro atoms. The summed E-state index contributed by atoms with van der Waals surface area (Å²) in [6.45, 7) is 3.20. The van der Waals surface area contributed by atoms with Gasteiger partial charge in [-0.15, -0.1) is 0 Å². The first-order valence-corrected chi connectivity index (χ1v) is 9.12. The van der Waals surface area contributed by atoms with Crippen LogP contribution in [0.3, 0.4) is 0 Å². The van der Waals surface area contributed by atoms with E-state index in [9.17, 15) is 4.79 Å². The van der Waals surface area contributed by atoms with Gasteiger partial charge < -0.3 is 10.6 Å². The number of aryl methyl sites for hydroxylation is 1. The van der Waals surface area contributed by atoms with E-state index in [0.717, 1.165) is 17.0 Å². The lowest BCUT2D eigenvalue weighted by Gasteiger charge is -2.07. The second-order valence-electron chi connectivity index (χ2n) is 6.27. The quantitative estimate of drug-likeness (QED) is 0.649. The van der Waals surface area contributed by atoms with E-state index in [1.54, 1.807) is 0 Å². The Morgan fingerprint density at radius 2 is 1.59 bits per heavy atom. The minimum absolute atomic E-state index is 0.191. The summed E-state index contributed by atoms with van der Waals surface area (Å²) in [5.74, 6) is 0.308. The van der Waals surface area contributed by atoms with Crippen LogP contribution in [-0.2, 0) is 13.0 Å². The van der Waals surface area contributed by atoms with E-state index in [1.807, 2.05) is 55.5 Å². The lowest BCUT2D eigenvalue weighted by Crippen LogP contribution is -2.23. The maximum atomic E-state index is 12.2. The van der Waals surface area contributed by atoms with Crippen LogP contribution in [0.5, 0.6) is 0 Å². The molecular weight excluding hydrogens is 360 g/mol. The molecule has 0 atom stereocenters. The van der Waals surface area contributed by atoms with Gasteiger partial charge in [-0.05, 0) is 36.6 Å². The van der Waals surface area contributed by atoms with Gasteiger partial charge >= 0.3 is 0 Å². The molecular formula is C21H21ClN4O. The molecule has 0 aliphatic carbocycles. The second kappa shape index (κ2) is 9.14. The first-order valence-electron chi connectivity index (χ1n) is 8.74. The SMILES string of the molecule is Cc1ccc(CNC(=O)c2cnc(NCCc3ccc(Cl)cc3)nc2)cc1. The predicted octanol–water partition coefficient (Wildman–Crippen LogP) is 4.02. The Hall–Kier alpha value is -2.92. The van der Waals surface area contributed by atoms with Gasteiger partial charge in [-0.25, -0.2) is 9.97 Å². The minimum Gasteiger partial charge on any atom is -0.354 e. The minimum atomic E-state index is -0.191. The zero-order valence-electron chi connectivity index (χ0n) is 15.1. The number of aromatic nitrogens is 2. The maximum Gasteiger partial charge on any atom is 0.254 e. The first kappa shape index (κ1) is 18.9. The van der Waals surface area contributed by atoms with Crippen LogP contribution >= 0.6 is 11.6 Å². The Balaban J connectivity index is 1.46. The van der Waals surface area contributed by atoms with Gasteiger partial charge in [0.15, 0.2) is 0 Å². The van der Waals surface area contributed by atoms with E-state index in [-0.39, 0.29) is 5.91 Å². The highest BCUT2D eigenvalue weighted by molar-refractivity contribution is 6.30. The van der Waals surface area contributed by atoms with Crippen molar-refractivity contribution in [3.8, 4) is 0 Å². The average molecular weight is 381 g/mol. The highest BCUT2D eigenvalue weighted by atomic mass is 35.5. The number of anilines is 1. The topological polar surface area (TPSA) is 66.9 Å². The summed E-state index contributed by atoms with van der Waals surface area (Å²) in [5, 5.41) is 6.75. The number of carbonyl (C=O) groups is 1. The van der Waals surface area contributed by atoms with Crippen molar-refractivity contribution in [1.82, 2.24) is 15.3 Å². The number of carbonyl (C=O) groups excluding carboxylic acids is 1. The Labute approximate surface area is 163 Å². The van der Waals surface area contributed by atoms with Crippen LogP contribution in [-0.4, -0.2) is 22.4 Å². The van der Waals surface area contributed by atoms with Gasteiger partial charge in [0.25, 0.3) is 5.91 Å². The Morgan fingerprint density at radius 1 is 0.963 bits per heavy atom. The molecule has 6 heteroatoms. The van der Waals surface area contributed by atoms with Crippen molar-refractivity contribution >= 4 is 23.5 Å². The second-order valence-corrected chi connectivity index (χ2v) is 6.70. The third-order valence-corrected chi connectivity index (χ3v) is 4.35. The van der Waals surface area contributed by atoms with E-state index in [4.69, 9.17) is 11.6 Å². The van der Waals surface area contributed by atoms with Crippen molar-refractivity contribution in [2.45, 2.75) is 19.9 Å². The molecule has 3 rings (SSSR count). The van der Waals surface area contributed by atoms with E-state index in [1.165, 1.54) is 23.5 Å². The van der Waals surface area contributed by atoms with Crippen LogP contribution in [0, 0.1) is 6.92 Å². The van der Waals surface area contributed by atoms with Crippen molar-refractivity contribution in [3.05, 3.63) is 88.2 Å². The van der Waals surface area contributed by atoms with Gasteiger partial charge in [0.05, 0.1) is 5.56 Å². The molecule has 0 unspecified atom stereocenters. The van der Waals surface area contributed by atoms with Gasteiger partial charge in [0.1, 0.15) is 0 Å². The number of halogens is 1. The summed E-state index contributed by atoms with van der Waals surface area (Å²) in [4.78, 5) is 20.6. The molecule has 1 heterocycles. The van der Waals surface area contributed by atoms with Crippen molar-refractivity contribution in [2.24, 2.45) is 0 Å². The van der Waals surface area contributed by atoms with Crippen LogP contribution in [0.4, 0.5) is 5.95 Å². The monoisotopic (exact) mass is 380 g/mol. The number of amides is 1. The standard InChI is InChI=1S/C21H21ClN4O/c1-15-2-4-17(5-3-15)12-24-20(27)18-13-25-21(26-14-18)23-11-10-16-6-8-19(22)9-7-16/h2-9,13-14H,10-12H2,1H3,(H,24,27)(H,23,25,26). The first-order chi connectivity index (χ1) is 13.1. The van der Waals surface area contributed by atoms with Crippen LogP contribution in [0.15, 0.2) is 60.9 Å². The summed E-state index contributed by atoms with van der Waals surface area (Å²) in [7, 11) is 0. The number of rotatable bonds is 7. The van der Waals surface area contributed by atoms with E-state index < -0.39 is 0 Å². The predicted molar refractivity (Wildman–Crippen MR) is 108 cm³/mol. The van der Waals surface area contributed by atoms with Crippen LogP contribution in [0.25, 0.3) is 0 Å².